The Labute approximate surface area is 121 Å². The van der Waals surface area contributed by atoms with Crippen molar-refractivity contribution >= 4 is 28.7 Å². The molecular weight excluding hydrogens is 278 g/mol. The molecule has 0 aliphatic rings. The first kappa shape index (κ1) is 14.0. The first-order valence-corrected chi connectivity index (χ1v) is 6.25. The van der Waals surface area contributed by atoms with Crippen molar-refractivity contribution in [3.8, 4) is 0 Å². The van der Waals surface area contributed by atoms with Crippen LogP contribution < -0.4 is 5.43 Å². The molecular formula is C14H12ClN3O2. The summed E-state index contributed by atoms with van der Waals surface area (Å²) in [5, 5.41) is 15.5. The zero-order chi connectivity index (χ0) is 14.5. The SMILES string of the molecule is C/C(=N/Nc1ccc(Cl)cc1)c1ccc([N+](=O)[O-])cc1. The molecule has 0 heterocycles. The molecule has 2 aromatic carbocycles. The molecule has 5 nitrogen and oxygen atoms in total. The molecule has 0 unspecified atom stereocenters. The quantitative estimate of drug-likeness (QED) is 0.524. The minimum Gasteiger partial charge on any atom is -0.278 e. The van der Waals surface area contributed by atoms with Crippen molar-refractivity contribution in [1.29, 1.82) is 0 Å². The van der Waals surface area contributed by atoms with E-state index in [4.69, 9.17) is 11.6 Å². The van der Waals surface area contributed by atoms with Crippen LogP contribution in [0.2, 0.25) is 5.02 Å². The normalized spacial score (nSPS) is 11.2. The van der Waals surface area contributed by atoms with Crippen LogP contribution >= 0.6 is 11.6 Å². The predicted molar refractivity (Wildman–Crippen MR) is 80.4 cm³/mol. The standard InChI is InChI=1S/C14H12ClN3O2/c1-10(11-2-8-14(9-3-11)18(19)20)16-17-13-6-4-12(15)5-7-13/h2-9,17H,1H3/b16-10-. The van der Waals surface area contributed by atoms with E-state index < -0.39 is 4.92 Å². The van der Waals surface area contributed by atoms with Crippen LogP contribution in [-0.4, -0.2) is 10.6 Å². The lowest BCUT2D eigenvalue weighted by Crippen LogP contribution is -2.00. The molecule has 2 rings (SSSR count). The van der Waals surface area contributed by atoms with E-state index in [2.05, 4.69) is 10.5 Å². The van der Waals surface area contributed by atoms with Gasteiger partial charge in [0, 0.05) is 17.2 Å². The Kier molecular flexibility index (Phi) is 4.32. The van der Waals surface area contributed by atoms with Crippen molar-refractivity contribution in [2.45, 2.75) is 6.92 Å². The Morgan fingerprint density at radius 1 is 1.15 bits per heavy atom. The summed E-state index contributed by atoms with van der Waals surface area (Å²) < 4.78 is 0. The fourth-order valence-electron chi connectivity index (χ4n) is 1.56. The third kappa shape index (κ3) is 3.55. The minimum absolute atomic E-state index is 0.0622. The maximum absolute atomic E-state index is 10.6. The van der Waals surface area contributed by atoms with Gasteiger partial charge in [0.05, 0.1) is 16.3 Å². The van der Waals surface area contributed by atoms with Crippen molar-refractivity contribution in [2.75, 3.05) is 5.43 Å². The number of rotatable bonds is 4. The number of anilines is 1. The van der Waals surface area contributed by atoms with Gasteiger partial charge in [-0.15, -0.1) is 0 Å². The molecule has 102 valence electrons. The number of hydrazone groups is 1. The van der Waals surface area contributed by atoms with Crippen LogP contribution in [0.1, 0.15) is 12.5 Å². The molecule has 0 saturated carbocycles. The molecule has 0 amide bonds. The molecule has 0 aliphatic carbocycles. The Bertz CT molecular complexity index is 636. The van der Waals surface area contributed by atoms with Crippen molar-refractivity contribution in [1.82, 2.24) is 0 Å². The number of nitro benzene ring substituents is 1. The van der Waals surface area contributed by atoms with Gasteiger partial charge in [-0.25, -0.2) is 0 Å². The first-order chi connectivity index (χ1) is 9.56. The fourth-order valence-corrected chi connectivity index (χ4v) is 1.69. The van der Waals surface area contributed by atoms with Crippen molar-refractivity contribution in [3.05, 3.63) is 69.2 Å². The summed E-state index contributed by atoms with van der Waals surface area (Å²) in [6, 6.07) is 13.4. The largest absolute Gasteiger partial charge is 0.278 e. The van der Waals surface area contributed by atoms with E-state index in [0.29, 0.717) is 5.02 Å². The molecule has 0 saturated heterocycles. The number of nitro groups is 1. The number of nitrogens with zero attached hydrogens (tertiary/aromatic N) is 2. The second-order valence-corrected chi connectivity index (χ2v) is 4.56. The highest BCUT2D eigenvalue weighted by Crippen LogP contribution is 2.15. The molecule has 0 fully saturated rings. The lowest BCUT2D eigenvalue weighted by Gasteiger charge is -2.03. The highest BCUT2D eigenvalue weighted by atomic mass is 35.5. The topological polar surface area (TPSA) is 67.5 Å². The molecule has 1 N–H and O–H groups in total. The van der Waals surface area contributed by atoms with E-state index in [1.165, 1.54) is 12.1 Å². The lowest BCUT2D eigenvalue weighted by atomic mass is 10.1. The molecule has 0 bridgehead atoms. The number of hydrogen-bond acceptors (Lipinski definition) is 4. The lowest BCUT2D eigenvalue weighted by molar-refractivity contribution is -0.384. The Morgan fingerprint density at radius 3 is 2.30 bits per heavy atom. The third-order valence-corrected chi connectivity index (χ3v) is 2.94. The van der Waals surface area contributed by atoms with E-state index in [0.717, 1.165) is 17.0 Å². The van der Waals surface area contributed by atoms with E-state index in [-0.39, 0.29) is 5.69 Å². The second kappa shape index (κ2) is 6.16. The smallest absolute Gasteiger partial charge is 0.269 e. The van der Waals surface area contributed by atoms with Gasteiger partial charge in [-0.05, 0) is 48.9 Å². The van der Waals surface area contributed by atoms with Gasteiger partial charge >= 0.3 is 0 Å². The Balaban J connectivity index is 2.09. The van der Waals surface area contributed by atoms with Crippen LogP contribution in [0.5, 0.6) is 0 Å². The van der Waals surface area contributed by atoms with Crippen LogP contribution in [0.3, 0.4) is 0 Å². The molecule has 20 heavy (non-hydrogen) atoms. The van der Waals surface area contributed by atoms with Gasteiger partial charge in [0.25, 0.3) is 5.69 Å². The van der Waals surface area contributed by atoms with Gasteiger partial charge in [-0.1, -0.05) is 11.6 Å². The molecule has 0 atom stereocenters. The summed E-state index contributed by atoms with van der Waals surface area (Å²) in [5.41, 5.74) is 5.33. The van der Waals surface area contributed by atoms with E-state index in [1.54, 1.807) is 24.3 Å². The summed E-state index contributed by atoms with van der Waals surface area (Å²) in [6.45, 7) is 1.82. The van der Waals surface area contributed by atoms with Crippen LogP contribution in [0.25, 0.3) is 0 Å². The van der Waals surface area contributed by atoms with Gasteiger partial charge in [-0.3, -0.25) is 15.5 Å². The van der Waals surface area contributed by atoms with E-state index in [1.807, 2.05) is 19.1 Å². The third-order valence-electron chi connectivity index (χ3n) is 2.69. The summed E-state index contributed by atoms with van der Waals surface area (Å²) in [7, 11) is 0. The molecule has 0 aromatic heterocycles. The summed E-state index contributed by atoms with van der Waals surface area (Å²) in [4.78, 5) is 10.1. The highest BCUT2D eigenvalue weighted by Gasteiger charge is 2.05. The van der Waals surface area contributed by atoms with Crippen molar-refractivity contribution in [3.63, 3.8) is 0 Å². The summed E-state index contributed by atoms with van der Waals surface area (Å²) >= 11 is 5.79. The van der Waals surface area contributed by atoms with E-state index in [9.17, 15) is 10.1 Å². The Hall–Kier alpha value is -2.40. The van der Waals surface area contributed by atoms with Gasteiger partial charge in [-0.2, -0.15) is 5.10 Å². The number of halogens is 1. The number of nitrogens with one attached hydrogen (secondary N) is 1. The summed E-state index contributed by atoms with van der Waals surface area (Å²) in [5.74, 6) is 0. The van der Waals surface area contributed by atoms with Gasteiger partial charge in [0.2, 0.25) is 0 Å². The monoisotopic (exact) mass is 289 g/mol. The van der Waals surface area contributed by atoms with Crippen molar-refractivity contribution in [2.24, 2.45) is 5.10 Å². The van der Waals surface area contributed by atoms with Gasteiger partial charge in [0.15, 0.2) is 0 Å². The van der Waals surface area contributed by atoms with Gasteiger partial charge in [0.1, 0.15) is 0 Å². The molecule has 6 heteroatoms. The zero-order valence-electron chi connectivity index (χ0n) is 10.7. The number of non-ortho nitro benzene ring substituents is 1. The molecule has 0 radical (unpaired) electrons. The van der Waals surface area contributed by atoms with Crippen LogP contribution in [-0.2, 0) is 0 Å². The van der Waals surface area contributed by atoms with Crippen LogP contribution in [0.15, 0.2) is 53.6 Å². The average molecular weight is 290 g/mol. The zero-order valence-corrected chi connectivity index (χ0v) is 11.5. The highest BCUT2D eigenvalue weighted by molar-refractivity contribution is 6.30. The van der Waals surface area contributed by atoms with Crippen LogP contribution in [0.4, 0.5) is 11.4 Å². The average Bonchev–Trinajstić information content (AvgIpc) is 2.46. The van der Waals surface area contributed by atoms with Gasteiger partial charge < -0.3 is 0 Å². The second-order valence-electron chi connectivity index (χ2n) is 4.12. The summed E-state index contributed by atoms with van der Waals surface area (Å²) in [6.07, 6.45) is 0. The fraction of sp³-hybridized carbons (Fsp3) is 0.0714. The Morgan fingerprint density at radius 2 is 1.75 bits per heavy atom. The molecule has 0 spiro atoms. The van der Waals surface area contributed by atoms with Crippen LogP contribution in [0, 0.1) is 10.1 Å². The number of hydrogen-bond donors (Lipinski definition) is 1. The predicted octanol–water partition coefficient (Wildman–Crippen LogP) is 4.08. The molecule has 0 aliphatic heterocycles. The van der Waals surface area contributed by atoms with Crippen molar-refractivity contribution < 1.29 is 4.92 Å². The minimum atomic E-state index is -0.428. The number of benzene rings is 2. The van der Waals surface area contributed by atoms with E-state index >= 15 is 0 Å². The molecule has 2 aromatic rings. The maximum Gasteiger partial charge on any atom is 0.269 e. The first-order valence-electron chi connectivity index (χ1n) is 5.87. The maximum atomic E-state index is 10.6.